The number of carbonyl (C=O) groups excluding carboxylic acids is 3. The van der Waals surface area contributed by atoms with Gasteiger partial charge in [-0.25, -0.2) is 8.42 Å². The van der Waals surface area contributed by atoms with Crippen molar-refractivity contribution in [3.8, 4) is 0 Å². The standard InChI is InChI=1S/C29H36ClN5O5S/c1-18-14-21(30)15-19(2)27(18)41(39,40)35-23-8-4-3-7-22(23)32-28(38)24(35)16-26(37)33-29(17-25(29)36)34-12-9-20(10-13-34)6-5-11-31/h3-4,7-8,14-15,20,24H,5-6,9-13,16-17,31H2,1-2H3,(H,32,38)(H,33,37). The van der Waals surface area contributed by atoms with Crippen LogP contribution < -0.4 is 20.7 Å². The molecule has 4 N–H and O–H groups in total. The molecule has 41 heavy (non-hydrogen) atoms. The fraction of sp³-hybridized carbons (Fsp3) is 0.483. The highest BCUT2D eigenvalue weighted by Crippen LogP contribution is 2.41. The second kappa shape index (κ2) is 11.4. The number of para-hydroxylation sites is 2. The Morgan fingerprint density at radius 1 is 1.15 bits per heavy atom. The molecular formula is C29H36ClN5O5S. The van der Waals surface area contributed by atoms with Crippen LogP contribution in [0, 0.1) is 19.8 Å². The van der Waals surface area contributed by atoms with Crippen molar-refractivity contribution in [1.29, 1.82) is 0 Å². The SMILES string of the molecule is Cc1cc(Cl)cc(C)c1S(=O)(=O)N1c2ccccc2NC(=O)C1CC(=O)NC1(N2CCC(CCCN)CC2)CC1=O. The number of halogens is 1. The van der Waals surface area contributed by atoms with E-state index >= 15 is 0 Å². The molecule has 0 aromatic heterocycles. The number of amides is 2. The number of sulfonamides is 1. The summed E-state index contributed by atoms with van der Waals surface area (Å²) >= 11 is 6.17. The fourth-order valence-electron chi connectivity index (χ4n) is 6.27. The van der Waals surface area contributed by atoms with Crippen molar-refractivity contribution < 1.29 is 22.8 Å². The molecule has 1 saturated carbocycles. The normalized spacial score (nSPS) is 23.2. The smallest absolute Gasteiger partial charge is 0.265 e. The molecule has 2 fully saturated rings. The van der Waals surface area contributed by atoms with Crippen LogP contribution in [0.2, 0.25) is 5.02 Å². The van der Waals surface area contributed by atoms with Crippen molar-refractivity contribution in [2.24, 2.45) is 11.7 Å². The molecule has 0 radical (unpaired) electrons. The molecule has 220 valence electrons. The largest absolute Gasteiger partial charge is 0.331 e. The fourth-order valence-corrected chi connectivity index (χ4v) is 8.65. The van der Waals surface area contributed by atoms with Gasteiger partial charge in [-0.1, -0.05) is 23.7 Å². The second-order valence-corrected chi connectivity index (χ2v) is 13.5. The van der Waals surface area contributed by atoms with E-state index in [9.17, 15) is 22.8 Å². The highest BCUT2D eigenvalue weighted by Gasteiger charge is 2.60. The maximum atomic E-state index is 14.2. The summed E-state index contributed by atoms with van der Waals surface area (Å²) < 4.78 is 29.5. The molecule has 2 heterocycles. The number of likely N-dealkylation sites (tertiary alicyclic amines) is 1. The van der Waals surface area contributed by atoms with Crippen LogP contribution in [0.4, 0.5) is 11.4 Å². The summed E-state index contributed by atoms with van der Waals surface area (Å²) in [6.07, 6.45) is 3.58. The lowest BCUT2D eigenvalue weighted by molar-refractivity contribution is -0.129. The lowest BCUT2D eigenvalue weighted by Crippen LogP contribution is -2.57. The molecule has 0 bridgehead atoms. The minimum atomic E-state index is -4.31. The lowest BCUT2D eigenvalue weighted by Gasteiger charge is -2.39. The Hall–Kier alpha value is -2.99. The molecule has 2 aliphatic heterocycles. The average Bonchev–Trinajstić information content (AvgIpc) is 3.56. The topological polar surface area (TPSA) is 142 Å². The molecule has 2 aromatic carbocycles. The highest BCUT2D eigenvalue weighted by atomic mass is 35.5. The maximum Gasteiger partial charge on any atom is 0.265 e. The highest BCUT2D eigenvalue weighted by molar-refractivity contribution is 7.93. The molecule has 3 aliphatic rings. The first-order valence-corrected chi connectivity index (χ1v) is 15.8. The summed E-state index contributed by atoms with van der Waals surface area (Å²) in [7, 11) is -4.31. The van der Waals surface area contributed by atoms with Gasteiger partial charge in [-0.15, -0.1) is 0 Å². The zero-order valence-electron chi connectivity index (χ0n) is 23.3. The number of carbonyl (C=O) groups is 3. The Labute approximate surface area is 245 Å². The first-order valence-electron chi connectivity index (χ1n) is 14.0. The van der Waals surface area contributed by atoms with E-state index in [0.29, 0.717) is 47.4 Å². The lowest BCUT2D eigenvalue weighted by atomic mass is 9.92. The van der Waals surface area contributed by atoms with Crippen molar-refractivity contribution in [2.75, 3.05) is 29.3 Å². The summed E-state index contributed by atoms with van der Waals surface area (Å²) in [6.45, 7) is 5.29. The van der Waals surface area contributed by atoms with Crippen LogP contribution in [0.15, 0.2) is 41.3 Å². The van der Waals surface area contributed by atoms with E-state index in [4.69, 9.17) is 17.3 Å². The summed E-state index contributed by atoms with van der Waals surface area (Å²) in [6, 6.07) is 8.32. The summed E-state index contributed by atoms with van der Waals surface area (Å²) in [4.78, 5) is 41.6. The van der Waals surface area contributed by atoms with E-state index in [0.717, 1.165) is 30.0 Å². The number of anilines is 2. The number of fused-ring (bicyclic) bond motifs is 1. The van der Waals surface area contributed by atoms with Gasteiger partial charge in [0.2, 0.25) is 11.8 Å². The van der Waals surface area contributed by atoms with Crippen LogP contribution >= 0.6 is 11.6 Å². The molecule has 0 spiro atoms. The Bertz CT molecular complexity index is 1470. The van der Waals surface area contributed by atoms with Gasteiger partial charge in [0.25, 0.3) is 10.0 Å². The third-order valence-corrected chi connectivity index (χ3v) is 10.7. The van der Waals surface area contributed by atoms with Crippen LogP contribution in [-0.4, -0.2) is 62.3 Å². The van der Waals surface area contributed by atoms with Crippen LogP contribution in [-0.2, 0) is 24.4 Å². The van der Waals surface area contributed by atoms with E-state index < -0.39 is 40.0 Å². The average molecular weight is 602 g/mol. The van der Waals surface area contributed by atoms with Crippen LogP contribution in [0.25, 0.3) is 0 Å². The van der Waals surface area contributed by atoms with E-state index in [2.05, 4.69) is 10.6 Å². The van der Waals surface area contributed by atoms with Gasteiger partial charge < -0.3 is 16.4 Å². The van der Waals surface area contributed by atoms with Gasteiger partial charge in [0.15, 0.2) is 11.4 Å². The molecule has 2 aromatic rings. The summed E-state index contributed by atoms with van der Waals surface area (Å²) in [5.74, 6) is -0.725. The summed E-state index contributed by atoms with van der Waals surface area (Å²) in [5, 5.41) is 6.02. The first kappa shape index (κ1) is 29.5. The molecular weight excluding hydrogens is 566 g/mol. The third-order valence-electron chi connectivity index (χ3n) is 8.38. The molecule has 1 aliphatic carbocycles. The van der Waals surface area contributed by atoms with E-state index in [-0.39, 0.29) is 22.8 Å². The van der Waals surface area contributed by atoms with Crippen molar-refractivity contribution in [3.05, 3.63) is 52.5 Å². The number of nitrogens with one attached hydrogen (secondary N) is 2. The maximum absolute atomic E-state index is 14.2. The molecule has 12 heteroatoms. The van der Waals surface area contributed by atoms with Gasteiger partial charge >= 0.3 is 0 Å². The predicted octanol–water partition coefficient (Wildman–Crippen LogP) is 3.10. The minimum Gasteiger partial charge on any atom is -0.331 e. The van der Waals surface area contributed by atoms with Gasteiger partial charge in [-0.05, 0) is 87.4 Å². The Morgan fingerprint density at radius 2 is 1.78 bits per heavy atom. The number of hydrogen-bond donors (Lipinski definition) is 3. The molecule has 2 amide bonds. The predicted molar refractivity (Wildman–Crippen MR) is 157 cm³/mol. The second-order valence-electron chi connectivity index (χ2n) is 11.3. The van der Waals surface area contributed by atoms with Crippen molar-refractivity contribution in [2.45, 2.75) is 69.0 Å². The number of nitrogens with two attached hydrogens (primary N) is 1. The summed E-state index contributed by atoms with van der Waals surface area (Å²) in [5.41, 5.74) is 6.01. The van der Waals surface area contributed by atoms with Gasteiger partial charge in [0.05, 0.1) is 29.1 Å². The van der Waals surface area contributed by atoms with Gasteiger partial charge in [-0.3, -0.25) is 23.6 Å². The molecule has 2 atom stereocenters. The zero-order chi connectivity index (χ0) is 29.5. The Morgan fingerprint density at radius 3 is 2.39 bits per heavy atom. The Kier molecular flexibility index (Phi) is 8.17. The van der Waals surface area contributed by atoms with Crippen molar-refractivity contribution >= 4 is 50.6 Å². The zero-order valence-corrected chi connectivity index (χ0v) is 24.9. The van der Waals surface area contributed by atoms with Crippen LogP contribution in [0.5, 0.6) is 0 Å². The van der Waals surface area contributed by atoms with Crippen molar-refractivity contribution in [1.82, 2.24) is 10.2 Å². The number of hydrogen-bond acceptors (Lipinski definition) is 7. The molecule has 2 unspecified atom stereocenters. The van der Waals surface area contributed by atoms with Crippen molar-refractivity contribution in [3.63, 3.8) is 0 Å². The number of rotatable bonds is 9. The molecule has 5 rings (SSSR count). The van der Waals surface area contributed by atoms with Gasteiger partial charge in [-0.2, -0.15) is 0 Å². The number of benzene rings is 2. The molecule has 1 saturated heterocycles. The van der Waals surface area contributed by atoms with Gasteiger partial charge in [0.1, 0.15) is 6.04 Å². The number of nitrogens with zero attached hydrogens (tertiary/aromatic N) is 2. The third kappa shape index (κ3) is 5.60. The molecule has 10 nitrogen and oxygen atoms in total. The van der Waals surface area contributed by atoms with Crippen LogP contribution in [0.3, 0.4) is 0 Å². The van der Waals surface area contributed by atoms with Crippen LogP contribution in [0.1, 0.15) is 49.7 Å². The first-order chi connectivity index (χ1) is 19.5. The monoisotopic (exact) mass is 601 g/mol. The van der Waals surface area contributed by atoms with E-state index in [1.54, 1.807) is 50.2 Å². The number of piperidine rings is 1. The Balaban J connectivity index is 1.41. The van der Waals surface area contributed by atoms with Gasteiger partial charge in [0, 0.05) is 18.1 Å². The van der Waals surface area contributed by atoms with E-state index in [1.807, 2.05) is 4.90 Å². The number of ketones is 1. The number of Topliss-reactive ketones (excluding diaryl/α,β-unsaturated/α-hetero) is 1. The number of aryl methyl sites for hydroxylation is 2. The van der Waals surface area contributed by atoms with E-state index in [1.165, 1.54) is 0 Å². The minimum absolute atomic E-state index is 0.0307. The quantitative estimate of drug-likeness (QED) is 0.401.